The zero-order chi connectivity index (χ0) is 18.6. The maximum atomic E-state index is 12.7. The van der Waals surface area contributed by atoms with Gasteiger partial charge in [0, 0.05) is 29.6 Å². The number of aromatic amines is 2. The summed E-state index contributed by atoms with van der Waals surface area (Å²) in [4.78, 5) is 17.0. The van der Waals surface area contributed by atoms with Crippen molar-refractivity contribution in [2.75, 3.05) is 12.4 Å². The number of hydrogen-bond acceptors (Lipinski definition) is 5. The molecular formula is C19H22N6O2. The minimum atomic E-state index is -0.178. The van der Waals surface area contributed by atoms with Gasteiger partial charge in [-0.2, -0.15) is 10.2 Å². The van der Waals surface area contributed by atoms with Crippen molar-refractivity contribution in [1.82, 2.24) is 25.4 Å². The van der Waals surface area contributed by atoms with Gasteiger partial charge in [-0.15, -0.1) is 0 Å². The van der Waals surface area contributed by atoms with E-state index in [0.717, 1.165) is 42.5 Å². The summed E-state index contributed by atoms with van der Waals surface area (Å²) in [5.74, 6) is 1.09. The van der Waals surface area contributed by atoms with E-state index < -0.39 is 0 Å². The van der Waals surface area contributed by atoms with Crippen molar-refractivity contribution < 1.29 is 9.53 Å². The van der Waals surface area contributed by atoms with Gasteiger partial charge in [0.2, 0.25) is 0 Å². The van der Waals surface area contributed by atoms with E-state index in [9.17, 15) is 4.79 Å². The average molecular weight is 366 g/mol. The molecule has 0 bridgehead atoms. The van der Waals surface area contributed by atoms with Gasteiger partial charge in [0.1, 0.15) is 6.61 Å². The molecule has 0 saturated heterocycles. The third kappa shape index (κ3) is 3.75. The number of nitrogens with one attached hydrogen (secondary N) is 3. The SMILES string of the molecule is COCc1nc(-c2ccc(NC(=O)c3n[nH]c4c3CCCCC4)cc2)n[nH]1. The summed E-state index contributed by atoms with van der Waals surface area (Å²) in [6.45, 7) is 0.384. The maximum Gasteiger partial charge on any atom is 0.276 e. The maximum absolute atomic E-state index is 12.7. The van der Waals surface area contributed by atoms with Gasteiger partial charge in [-0.05, 0) is 49.9 Å². The van der Waals surface area contributed by atoms with Crippen LogP contribution < -0.4 is 5.32 Å². The predicted octanol–water partition coefficient (Wildman–Crippen LogP) is 2.86. The number of carbonyl (C=O) groups is 1. The van der Waals surface area contributed by atoms with Crippen molar-refractivity contribution in [2.24, 2.45) is 0 Å². The average Bonchev–Trinajstić information content (AvgIpc) is 3.24. The minimum absolute atomic E-state index is 0.178. The fourth-order valence-electron chi connectivity index (χ4n) is 3.36. The number of amides is 1. The summed E-state index contributed by atoms with van der Waals surface area (Å²) in [5, 5.41) is 17.2. The number of nitrogens with zero attached hydrogens (tertiary/aromatic N) is 3. The van der Waals surface area contributed by atoms with E-state index in [0.29, 0.717) is 29.6 Å². The number of ether oxygens (including phenoxy) is 1. The summed E-state index contributed by atoms with van der Waals surface area (Å²) in [6, 6.07) is 7.43. The number of aryl methyl sites for hydroxylation is 1. The highest BCUT2D eigenvalue weighted by molar-refractivity contribution is 6.04. The Balaban J connectivity index is 1.47. The Hall–Kier alpha value is -3.00. The number of hydrogen-bond donors (Lipinski definition) is 3. The van der Waals surface area contributed by atoms with E-state index in [4.69, 9.17) is 4.74 Å². The van der Waals surface area contributed by atoms with Crippen LogP contribution in [-0.2, 0) is 24.2 Å². The van der Waals surface area contributed by atoms with E-state index in [-0.39, 0.29) is 5.91 Å². The number of benzene rings is 1. The highest BCUT2D eigenvalue weighted by Crippen LogP contribution is 2.23. The second-order valence-electron chi connectivity index (χ2n) is 6.66. The molecule has 1 amide bonds. The lowest BCUT2D eigenvalue weighted by Crippen LogP contribution is -2.14. The number of rotatable bonds is 5. The molecule has 0 saturated carbocycles. The Labute approximate surface area is 156 Å². The van der Waals surface area contributed by atoms with Crippen LogP contribution in [0, 0.1) is 0 Å². The molecule has 1 aliphatic carbocycles. The Bertz CT molecular complexity index is 928. The molecule has 8 nitrogen and oxygen atoms in total. The summed E-state index contributed by atoms with van der Waals surface area (Å²) < 4.78 is 5.03. The smallest absolute Gasteiger partial charge is 0.276 e. The molecule has 3 aromatic rings. The number of carbonyl (C=O) groups excluding carboxylic acids is 1. The molecular weight excluding hydrogens is 344 g/mol. The number of methoxy groups -OCH3 is 1. The molecule has 27 heavy (non-hydrogen) atoms. The lowest BCUT2D eigenvalue weighted by molar-refractivity contribution is 0.102. The van der Waals surface area contributed by atoms with E-state index in [1.807, 2.05) is 24.3 Å². The van der Waals surface area contributed by atoms with Crippen LogP contribution >= 0.6 is 0 Å². The minimum Gasteiger partial charge on any atom is -0.377 e. The van der Waals surface area contributed by atoms with Crippen LogP contribution in [0.15, 0.2) is 24.3 Å². The summed E-state index contributed by atoms with van der Waals surface area (Å²) >= 11 is 0. The van der Waals surface area contributed by atoms with E-state index >= 15 is 0 Å². The fraction of sp³-hybridized carbons (Fsp3) is 0.368. The molecule has 4 rings (SSSR count). The first kappa shape index (κ1) is 17.4. The topological polar surface area (TPSA) is 109 Å². The fourth-order valence-corrected chi connectivity index (χ4v) is 3.36. The Kier molecular flexibility index (Phi) is 4.97. The molecule has 0 unspecified atom stereocenters. The second-order valence-corrected chi connectivity index (χ2v) is 6.66. The van der Waals surface area contributed by atoms with Crippen molar-refractivity contribution in [1.29, 1.82) is 0 Å². The van der Waals surface area contributed by atoms with Crippen LogP contribution in [0.4, 0.5) is 5.69 Å². The monoisotopic (exact) mass is 366 g/mol. The molecule has 2 aromatic heterocycles. The third-order valence-corrected chi connectivity index (χ3v) is 4.74. The van der Waals surface area contributed by atoms with Crippen LogP contribution in [0.25, 0.3) is 11.4 Å². The van der Waals surface area contributed by atoms with E-state index in [1.165, 1.54) is 6.42 Å². The van der Waals surface area contributed by atoms with Crippen LogP contribution in [0.5, 0.6) is 0 Å². The van der Waals surface area contributed by atoms with Crippen molar-refractivity contribution in [3.8, 4) is 11.4 Å². The van der Waals surface area contributed by atoms with Gasteiger partial charge in [0.15, 0.2) is 17.3 Å². The number of anilines is 1. The van der Waals surface area contributed by atoms with Gasteiger partial charge in [0.25, 0.3) is 5.91 Å². The standard InChI is InChI=1S/C19H22N6O2/c1-27-11-16-21-18(25-23-16)12-7-9-13(10-8-12)20-19(26)17-14-5-3-2-4-6-15(14)22-24-17/h7-10H,2-6,11H2,1H3,(H,20,26)(H,22,24)(H,21,23,25). The third-order valence-electron chi connectivity index (χ3n) is 4.74. The molecule has 0 atom stereocenters. The largest absolute Gasteiger partial charge is 0.377 e. The first-order valence-corrected chi connectivity index (χ1v) is 9.12. The van der Waals surface area contributed by atoms with Gasteiger partial charge in [-0.25, -0.2) is 4.98 Å². The molecule has 0 spiro atoms. The number of H-pyrrole nitrogens is 2. The molecule has 8 heteroatoms. The molecule has 0 fully saturated rings. The van der Waals surface area contributed by atoms with Crippen molar-refractivity contribution in [3.05, 3.63) is 47.0 Å². The van der Waals surface area contributed by atoms with Crippen LogP contribution in [0.1, 0.15) is 46.8 Å². The Morgan fingerprint density at radius 1 is 1.11 bits per heavy atom. The molecule has 2 heterocycles. The molecule has 140 valence electrons. The molecule has 0 aliphatic heterocycles. The quantitative estimate of drug-likeness (QED) is 0.602. The van der Waals surface area contributed by atoms with Gasteiger partial charge in [-0.3, -0.25) is 15.0 Å². The zero-order valence-corrected chi connectivity index (χ0v) is 15.2. The molecule has 1 aromatic carbocycles. The van der Waals surface area contributed by atoms with Crippen LogP contribution in [0.3, 0.4) is 0 Å². The molecule has 3 N–H and O–H groups in total. The van der Waals surface area contributed by atoms with Gasteiger partial charge >= 0.3 is 0 Å². The predicted molar refractivity (Wildman–Crippen MR) is 100 cm³/mol. The molecule has 0 radical (unpaired) electrons. The first-order chi connectivity index (χ1) is 13.2. The highest BCUT2D eigenvalue weighted by atomic mass is 16.5. The summed E-state index contributed by atoms with van der Waals surface area (Å²) in [5.41, 5.74) is 4.24. The highest BCUT2D eigenvalue weighted by Gasteiger charge is 2.21. The van der Waals surface area contributed by atoms with Gasteiger partial charge in [0.05, 0.1) is 0 Å². The second kappa shape index (κ2) is 7.71. The Morgan fingerprint density at radius 2 is 1.93 bits per heavy atom. The molecule has 1 aliphatic rings. The number of fused-ring (bicyclic) bond motifs is 1. The summed E-state index contributed by atoms with van der Waals surface area (Å²) in [7, 11) is 1.61. The van der Waals surface area contributed by atoms with E-state index in [1.54, 1.807) is 7.11 Å². The lowest BCUT2D eigenvalue weighted by Gasteiger charge is -2.06. The Morgan fingerprint density at radius 3 is 2.74 bits per heavy atom. The van der Waals surface area contributed by atoms with Crippen molar-refractivity contribution in [2.45, 2.75) is 38.7 Å². The lowest BCUT2D eigenvalue weighted by atomic mass is 10.1. The zero-order valence-electron chi connectivity index (χ0n) is 15.2. The van der Waals surface area contributed by atoms with Crippen molar-refractivity contribution >= 4 is 11.6 Å². The normalized spacial score (nSPS) is 13.8. The number of aromatic nitrogens is 5. The van der Waals surface area contributed by atoms with Gasteiger partial charge < -0.3 is 10.1 Å². The summed E-state index contributed by atoms with van der Waals surface area (Å²) in [6.07, 6.45) is 5.31. The van der Waals surface area contributed by atoms with Crippen LogP contribution in [0.2, 0.25) is 0 Å². The van der Waals surface area contributed by atoms with Crippen LogP contribution in [-0.4, -0.2) is 38.4 Å². The van der Waals surface area contributed by atoms with Crippen molar-refractivity contribution in [3.63, 3.8) is 0 Å². The first-order valence-electron chi connectivity index (χ1n) is 9.12. The van der Waals surface area contributed by atoms with E-state index in [2.05, 4.69) is 30.7 Å². The van der Waals surface area contributed by atoms with Gasteiger partial charge in [-0.1, -0.05) is 6.42 Å².